The largest absolute Gasteiger partial charge is 0.444 e. The van der Waals surface area contributed by atoms with Crippen molar-refractivity contribution in [2.45, 2.75) is 64.1 Å². The maximum Gasteiger partial charge on any atom is 0.407 e. The lowest BCUT2D eigenvalue weighted by atomic mass is 9.98. The predicted octanol–water partition coefficient (Wildman–Crippen LogP) is 1.73. The number of piperidine rings is 1. The van der Waals surface area contributed by atoms with Gasteiger partial charge >= 0.3 is 6.09 Å². The molecule has 5 heteroatoms. The van der Waals surface area contributed by atoms with Gasteiger partial charge in [0.05, 0.1) is 0 Å². The molecule has 2 atom stereocenters. The molecule has 0 aromatic carbocycles. The molecule has 2 saturated heterocycles. The van der Waals surface area contributed by atoms with Crippen LogP contribution in [0.1, 0.15) is 46.5 Å². The Bertz CT molecular complexity index is 328. The Morgan fingerprint density at radius 1 is 1.25 bits per heavy atom. The summed E-state index contributed by atoms with van der Waals surface area (Å²) in [6, 6.07) is 1.40. The van der Waals surface area contributed by atoms with Crippen LogP contribution in [0.15, 0.2) is 0 Å². The van der Waals surface area contributed by atoms with Crippen LogP contribution in [0.25, 0.3) is 0 Å². The van der Waals surface area contributed by atoms with E-state index in [-0.39, 0.29) is 6.09 Å². The Morgan fingerprint density at radius 2 is 2.05 bits per heavy atom. The molecule has 2 unspecified atom stereocenters. The standard InChI is InChI=1S/C15H29N3O2/c1-15(2,3)20-14(19)17-8-7-16-12-6-10-18-9-4-5-13(18)11-12/h12-13,16H,4-11H2,1-3H3,(H,17,19). The van der Waals surface area contributed by atoms with Crippen molar-refractivity contribution in [3.8, 4) is 0 Å². The van der Waals surface area contributed by atoms with E-state index in [1.807, 2.05) is 20.8 Å². The second-order valence-corrected chi connectivity index (χ2v) is 6.94. The number of fused-ring (bicyclic) bond motifs is 1. The maximum atomic E-state index is 11.5. The predicted molar refractivity (Wildman–Crippen MR) is 79.9 cm³/mol. The zero-order valence-corrected chi connectivity index (χ0v) is 13.1. The molecule has 0 aliphatic carbocycles. The molecule has 0 bridgehead atoms. The van der Waals surface area contributed by atoms with Gasteiger partial charge in [-0.05, 0) is 59.5 Å². The lowest BCUT2D eigenvalue weighted by Crippen LogP contribution is -2.47. The van der Waals surface area contributed by atoms with Gasteiger partial charge in [0.2, 0.25) is 0 Å². The van der Waals surface area contributed by atoms with Gasteiger partial charge in [0.15, 0.2) is 0 Å². The van der Waals surface area contributed by atoms with Crippen LogP contribution < -0.4 is 10.6 Å². The van der Waals surface area contributed by atoms with Crippen LogP contribution in [0.5, 0.6) is 0 Å². The number of carbonyl (C=O) groups excluding carboxylic acids is 1. The van der Waals surface area contributed by atoms with E-state index in [9.17, 15) is 4.79 Å². The molecule has 2 N–H and O–H groups in total. The summed E-state index contributed by atoms with van der Waals surface area (Å²) in [4.78, 5) is 14.1. The highest BCUT2D eigenvalue weighted by atomic mass is 16.6. The number of nitrogens with zero attached hydrogens (tertiary/aromatic N) is 1. The number of hydrogen-bond acceptors (Lipinski definition) is 4. The number of rotatable bonds is 4. The summed E-state index contributed by atoms with van der Waals surface area (Å²) in [7, 11) is 0. The van der Waals surface area contributed by atoms with E-state index in [2.05, 4.69) is 15.5 Å². The number of carbonyl (C=O) groups is 1. The number of ether oxygens (including phenoxy) is 1. The van der Waals surface area contributed by atoms with Gasteiger partial charge in [-0.1, -0.05) is 0 Å². The molecule has 2 fully saturated rings. The lowest BCUT2D eigenvalue weighted by Gasteiger charge is -2.35. The van der Waals surface area contributed by atoms with Crippen molar-refractivity contribution in [2.75, 3.05) is 26.2 Å². The van der Waals surface area contributed by atoms with Gasteiger partial charge in [-0.15, -0.1) is 0 Å². The first kappa shape index (κ1) is 15.6. The minimum Gasteiger partial charge on any atom is -0.444 e. The summed E-state index contributed by atoms with van der Waals surface area (Å²) >= 11 is 0. The molecule has 0 spiro atoms. The quantitative estimate of drug-likeness (QED) is 0.772. The zero-order chi connectivity index (χ0) is 14.6. The summed E-state index contributed by atoms with van der Waals surface area (Å²) in [5, 5.41) is 6.35. The van der Waals surface area contributed by atoms with E-state index < -0.39 is 5.60 Å². The fraction of sp³-hybridized carbons (Fsp3) is 0.933. The van der Waals surface area contributed by atoms with Crippen molar-refractivity contribution >= 4 is 6.09 Å². The first-order chi connectivity index (χ1) is 9.44. The van der Waals surface area contributed by atoms with E-state index in [1.54, 1.807) is 0 Å². The molecule has 20 heavy (non-hydrogen) atoms. The average Bonchev–Trinajstić information content (AvgIpc) is 2.79. The van der Waals surface area contributed by atoms with Crippen LogP contribution >= 0.6 is 0 Å². The monoisotopic (exact) mass is 283 g/mol. The van der Waals surface area contributed by atoms with Crippen molar-refractivity contribution in [2.24, 2.45) is 0 Å². The van der Waals surface area contributed by atoms with Gasteiger partial charge in [-0.3, -0.25) is 0 Å². The van der Waals surface area contributed by atoms with Crippen LogP contribution in [0, 0.1) is 0 Å². The minimum absolute atomic E-state index is 0.329. The zero-order valence-electron chi connectivity index (χ0n) is 13.1. The Morgan fingerprint density at radius 3 is 2.80 bits per heavy atom. The van der Waals surface area contributed by atoms with Gasteiger partial charge < -0.3 is 20.3 Å². The molecule has 2 heterocycles. The van der Waals surface area contributed by atoms with Gasteiger partial charge in [-0.25, -0.2) is 4.79 Å². The molecule has 0 aromatic rings. The third-order valence-corrected chi connectivity index (χ3v) is 4.05. The van der Waals surface area contributed by atoms with E-state index in [0.717, 1.165) is 12.6 Å². The molecule has 5 nitrogen and oxygen atoms in total. The maximum absolute atomic E-state index is 11.5. The van der Waals surface area contributed by atoms with Crippen LogP contribution in [0.3, 0.4) is 0 Å². The van der Waals surface area contributed by atoms with E-state index in [4.69, 9.17) is 4.74 Å². The van der Waals surface area contributed by atoms with E-state index >= 15 is 0 Å². The average molecular weight is 283 g/mol. The normalized spacial score (nSPS) is 27.1. The van der Waals surface area contributed by atoms with Crippen molar-refractivity contribution in [3.05, 3.63) is 0 Å². The third kappa shape index (κ3) is 4.94. The molecule has 2 aliphatic rings. The van der Waals surface area contributed by atoms with Crippen LogP contribution in [-0.2, 0) is 4.74 Å². The lowest BCUT2D eigenvalue weighted by molar-refractivity contribution is 0.0527. The molecule has 0 aromatic heterocycles. The fourth-order valence-corrected chi connectivity index (χ4v) is 3.16. The Kier molecular flexibility index (Phi) is 5.27. The molecule has 0 radical (unpaired) electrons. The number of alkyl carbamates (subject to hydrolysis) is 1. The smallest absolute Gasteiger partial charge is 0.407 e. The summed E-state index contributed by atoms with van der Waals surface area (Å²) in [6.07, 6.45) is 4.87. The first-order valence-electron chi connectivity index (χ1n) is 7.88. The van der Waals surface area contributed by atoms with Gasteiger partial charge in [0.1, 0.15) is 5.60 Å². The van der Waals surface area contributed by atoms with Crippen molar-refractivity contribution in [1.82, 2.24) is 15.5 Å². The van der Waals surface area contributed by atoms with Crippen LogP contribution in [0.2, 0.25) is 0 Å². The molecule has 2 rings (SSSR count). The Labute approximate surface area is 122 Å². The summed E-state index contributed by atoms with van der Waals surface area (Å²) in [5.41, 5.74) is -0.424. The van der Waals surface area contributed by atoms with Crippen LogP contribution in [0.4, 0.5) is 4.79 Å². The van der Waals surface area contributed by atoms with Gasteiger partial charge in [-0.2, -0.15) is 0 Å². The SMILES string of the molecule is CC(C)(C)OC(=O)NCCNC1CCN2CCCC2C1. The number of hydrogen-bond donors (Lipinski definition) is 2. The van der Waals surface area contributed by atoms with Gasteiger partial charge in [0.25, 0.3) is 0 Å². The Balaban J connectivity index is 1.56. The molecular weight excluding hydrogens is 254 g/mol. The highest BCUT2D eigenvalue weighted by Crippen LogP contribution is 2.26. The third-order valence-electron chi connectivity index (χ3n) is 4.05. The van der Waals surface area contributed by atoms with Crippen molar-refractivity contribution < 1.29 is 9.53 Å². The molecule has 0 saturated carbocycles. The number of nitrogens with one attached hydrogen (secondary N) is 2. The number of amides is 1. The minimum atomic E-state index is -0.424. The highest BCUT2D eigenvalue weighted by molar-refractivity contribution is 5.67. The fourth-order valence-electron chi connectivity index (χ4n) is 3.16. The second-order valence-electron chi connectivity index (χ2n) is 6.94. The van der Waals surface area contributed by atoms with E-state index in [1.165, 1.54) is 38.8 Å². The van der Waals surface area contributed by atoms with E-state index in [0.29, 0.717) is 12.6 Å². The first-order valence-corrected chi connectivity index (χ1v) is 7.88. The van der Waals surface area contributed by atoms with Crippen molar-refractivity contribution in [3.63, 3.8) is 0 Å². The summed E-state index contributed by atoms with van der Waals surface area (Å²) in [6.45, 7) is 9.58. The molecule has 1 amide bonds. The Hall–Kier alpha value is -0.810. The van der Waals surface area contributed by atoms with Crippen molar-refractivity contribution in [1.29, 1.82) is 0 Å². The summed E-state index contributed by atoms with van der Waals surface area (Å²) < 4.78 is 5.20. The second kappa shape index (κ2) is 6.76. The molecule has 116 valence electrons. The summed E-state index contributed by atoms with van der Waals surface area (Å²) in [5.74, 6) is 0. The topological polar surface area (TPSA) is 53.6 Å². The molecular formula is C15H29N3O2. The highest BCUT2D eigenvalue weighted by Gasteiger charge is 2.31. The van der Waals surface area contributed by atoms with Gasteiger partial charge in [0, 0.05) is 25.2 Å². The molecule has 2 aliphatic heterocycles. The van der Waals surface area contributed by atoms with Crippen LogP contribution in [-0.4, -0.2) is 54.9 Å².